The fourth-order valence-corrected chi connectivity index (χ4v) is 2.47. The average Bonchev–Trinajstić information content (AvgIpc) is 2.96. The number of pyridine rings is 1. The van der Waals surface area contributed by atoms with E-state index in [2.05, 4.69) is 10.3 Å². The third-order valence-corrected chi connectivity index (χ3v) is 3.68. The smallest absolute Gasteiger partial charge is 0.257 e. The molecule has 1 aromatic carbocycles. The van der Waals surface area contributed by atoms with Gasteiger partial charge in [-0.05, 0) is 30.3 Å². The van der Waals surface area contributed by atoms with Gasteiger partial charge in [-0.25, -0.2) is 0 Å². The molecule has 0 spiro atoms. The average molecular weight is 309 g/mol. The number of rotatable bonds is 6. The molecule has 0 radical (unpaired) electrons. The SMILES string of the molecule is Cn1ccc2c(OCC(=O)NCCc3ccccn3)cccc21. The molecule has 2 heterocycles. The predicted octanol–water partition coefficient (Wildman–Crippen LogP) is 2.31. The summed E-state index contributed by atoms with van der Waals surface area (Å²) in [5, 5.41) is 3.86. The molecule has 0 aliphatic heterocycles. The summed E-state index contributed by atoms with van der Waals surface area (Å²) in [6, 6.07) is 13.6. The molecule has 118 valence electrons. The highest BCUT2D eigenvalue weighted by molar-refractivity contribution is 5.87. The van der Waals surface area contributed by atoms with Crippen LogP contribution in [0.2, 0.25) is 0 Å². The van der Waals surface area contributed by atoms with Gasteiger partial charge in [0.1, 0.15) is 5.75 Å². The minimum absolute atomic E-state index is 0.0101. The molecule has 1 N–H and O–H groups in total. The summed E-state index contributed by atoms with van der Waals surface area (Å²) in [6.07, 6.45) is 4.44. The molecular formula is C18H19N3O2. The molecule has 23 heavy (non-hydrogen) atoms. The Balaban J connectivity index is 1.50. The number of ether oxygens (including phenoxy) is 1. The summed E-state index contributed by atoms with van der Waals surface area (Å²) in [7, 11) is 1.98. The monoisotopic (exact) mass is 309 g/mol. The minimum atomic E-state index is -0.131. The van der Waals surface area contributed by atoms with Gasteiger partial charge in [-0.1, -0.05) is 12.1 Å². The molecule has 0 bridgehead atoms. The number of amides is 1. The van der Waals surface area contributed by atoms with Gasteiger partial charge < -0.3 is 14.6 Å². The maximum absolute atomic E-state index is 11.9. The van der Waals surface area contributed by atoms with Crippen molar-refractivity contribution in [2.24, 2.45) is 7.05 Å². The van der Waals surface area contributed by atoms with Crippen molar-refractivity contribution in [2.75, 3.05) is 13.2 Å². The molecule has 0 atom stereocenters. The third kappa shape index (κ3) is 3.69. The highest BCUT2D eigenvalue weighted by Crippen LogP contribution is 2.25. The highest BCUT2D eigenvalue weighted by atomic mass is 16.5. The van der Waals surface area contributed by atoms with Gasteiger partial charge >= 0.3 is 0 Å². The van der Waals surface area contributed by atoms with E-state index in [1.165, 1.54) is 0 Å². The van der Waals surface area contributed by atoms with Crippen LogP contribution in [0.1, 0.15) is 5.69 Å². The molecule has 3 aromatic rings. The lowest BCUT2D eigenvalue weighted by Crippen LogP contribution is -2.30. The van der Waals surface area contributed by atoms with Gasteiger partial charge in [0.2, 0.25) is 0 Å². The Bertz CT molecular complexity index is 796. The number of carbonyl (C=O) groups excluding carboxylic acids is 1. The molecular weight excluding hydrogens is 290 g/mol. The molecule has 5 heteroatoms. The van der Waals surface area contributed by atoms with Gasteiger partial charge in [0.25, 0.3) is 5.91 Å². The van der Waals surface area contributed by atoms with Crippen molar-refractivity contribution in [3.05, 3.63) is 60.6 Å². The number of aromatic nitrogens is 2. The number of hydrogen-bond donors (Lipinski definition) is 1. The molecule has 0 fully saturated rings. The Hall–Kier alpha value is -2.82. The van der Waals surface area contributed by atoms with E-state index in [1.54, 1.807) is 6.20 Å². The van der Waals surface area contributed by atoms with Crippen molar-refractivity contribution >= 4 is 16.8 Å². The molecule has 3 rings (SSSR count). The van der Waals surface area contributed by atoms with Gasteiger partial charge in [-0.3, -0.25) is 9.78 Å². The number of aryl methyl sites for hydroxylation is 1. The Morgan fingerprint density at radius 1 is 1.22 bits per heavy atom. The van der Waals surface area contributed by atoms with Crippen LogP contribution in [0, 0.1) is 0 Å². The van der Waals surface area contributed by atoms with Crippen LogP contribution in [0.25, 0.3) is 10.9 Å². The molecule has 0 aliphatic rings. The second-order valence-corrected chi connectivity index (χ2v) is 5.33. The quantitative estimate of drug-likeness (QED) is 0.760. The first kappa shape index (κ1) is 15.1. The fourth-order valence-electron chi connectivity index (χ4n) is 2.47. The standard InChI is InChI=1S/C18H19N3O2/c1-21-12-9-15-16(21)6-4-7-17(15)23-13-18(22)20-11-8-14-5-2-3-10-19-14/h2-7,9-10,12H,8,11,13H2,1H3,(H,20,22). The topological polar surface area (TPSA) is 56.1 Å². The summed E-state index contributed by atoms with van der Waals surface area (Å²) in [5.74, 6) is 0.594. The van der Waals surface area contributed by atoms with E-state index in [-0.39, 0.29) is 12.5 Å². The van der Waals surface area contributed by atoms with Gasteiger partial charge in [-0.15, -0.1) is 0 Å². The molecule has 0 unspecified atom stereocenters. The summed E-state index contributed by atoms with van der Waals surface area (Å²) >= 11 is 0. The van der Waals surface area contributed by atoms with Gasteiger partial charge in [-0.2, -0.15) is 0 Å². The first-order valence-electron chi connectivity index (χ1n) is 7.57. The van der Waals surface area contributed by atoms with Crippen molar-refractivity contribution in [1.82, 2.24) is 14.9 Å². The summed E-state index contributed by atoms with van der Waals surface area (Å²) in [5.41, 5.74) is 2.04. The van der Waals surface area contributed by atoms with E-state index >= 15 is 0 Å². The number of nitrogens with one attached hydrogen (secondary N) is 1. The van der Waals surface area contributed by atoms with Crippen LogP contribution in [0.4, 0.5) is 0 Å². The maximum atomic E-state index is 11.9. The van der Waals surface area contributed by atoms with Crippen molar-refractivity contribution in [3.8, 4) is 5.75 Å². The molecule has 0 saturated carbocycles. The Labute approximate surface area is 134 Å². The lowest BCUT2D eigenvalue weighted by Gasteiger charge is -2.08. The molecule has 5 nitrogen and oxygen atoms in total. The first-order valence-corrected chi connectivity index (χ1v) is 7.57. The van der Waals surface area contributed by atoms with Gasteiger partial charge in [0.15, 0.2) is 6.61 Å². The molecule has 0 saturated heterocycles. The Kier molecular flexibility index (Phi) is 4.57. The van der Waals surface area contributed by atoms with Crippen molar-refractivity contribution < 1.29 is 9.53 Å². The largest absolute Gasteiger partial charge is 0.483 e. The van der Waals surface area contributed by atoms with E-state index < -0.39 is 0 Å². The van der Waals surface area contributed by atoms with E-state index in [0.29, 0.717) is 13.0 Å². The normalized spacial score (nSPS) is 10.7. The Morgan fingerprint density at radius 2 is 2.13 bits per heavy atom. The lowest BCUT2D eigenvalue weighted by molar-refractivity contribution is -0.123. The number of carbonyl (C=O) groups is 1. The van der Waals surface area contributed by atoms with Gasteiger partial charge in [0.05, 0.1) is 5.52 Å². The number of benzene rings is 1. The van der Waals surface area contributed by atoms with Crippen LogP contribution in [0.15, 0.2) is 54.9 Å². The number of fused-ring (bicyclic) bond motifs is 1. The second-order valence-electron chi connectivity index (χ2n) is 5.33. The van der Waals surface area contributed by atoms with E-state index in [4.69, 9.17) is 4.74 Å². The summed E-state index contributed by atoms with van der Waals surface area (Å²) in [6.45, 7) is 0.560. The third-order valence-electron chi connectivity index (χ3n) is 3.68. The zero-order valence-corrected chi connectivity index (χ0v) is 13.0. The first-order chi connectivity index (χ1) is 11.2. The zero-order valence-electron chi connectivity index (χ0n) is 13.0. The van der Waals surface area contributed by atoms with Crippen LogP contribution >= 0.6 is 0 Å². The molecule has 2 aromatic heterocycles. The fraction of sp³-hybridized carbons (Fsp3) is 0.222. The van der Waals surface area contributed by atoms with Crippen LogP contribution in [0.3, 0.4) is 0 Å². The van der Waals surface area contributed by atoms with E-state index in [0.717, 1.165) is 22.3 Å². The number of nitrogens with zero attached hydrogens (tertiary/aromatic N) is 2. The van der Waals surface area contributed by atoms with E-state index in [9.17, 15) is 4.79 Å². The minimum Gasteiger partial charge on any atom is -0.483 e. The van der Waals surface area contributed by atoms with Crippen LogP contribution in [-0.4, -0.2) is 28.6 Å². The molecule has 0 aliphatic carbocycles. The van der Waals surface area contributed by atoms with Crippen molar-refractivity contribution in [1.29, 1.82) is 0 Å². The summed E-state index contributed by atoms with van der Waals surface area (Å²) in [4.78, 5) is 16.1. The Morgan fingerprint density at radius 3 is 2.96 bits per heavy atom. The van der Waals surface area contributed by atoms with Crippen molar-refractivity contribution in [2.45, 2.75) is 6.42 Å². The van der Waals surface area contributed by atoms with Crippen LogP contribution in [0.5, 0.6) is 5.75 Å². The summed E-state index contributed by atoms with van der Waals surface area (Å²) < 4.78 is 7.68. The lowest BCUT2D eigenvalue weighted by atomic mass is 10.2. The van der Waals surface area contributed by atoms with Crippen LogP contribution < -0.4 is 10.1 Å². The predicted molar refractivity (Wildman–Crippen MR) is 89.4 cm³/mol. The second kappa shape index (κ2) is 6.96. The van der Waals surface area contributed by atoms with Crippen LogP contribution in [-0.2, 0) is 18.3 Å². The number of hydrogen-bond acceptors (Lipinski definition) is 3. The molecule has 1 amide bonds. The highest BCUT2D eigenvalue weighted by Gasteiger charge is 2.07. The zero-order chi connectivity index (χ0) is 16.1. The maximum Gasteiger partial charge on any atom is 0.257 e. The van der Waals surface area contributed by atoms with E-state index in [1.807, 2.05) is 60.3 Å². The van der Waals surface area contributed by atoms with Gasteiger partial charge in [0, 0.05) is 43.5 Å². The van der Waals surface area contributed by atoms with Crippen molar-refractivity contribution in [3.63, 3.8) is 0 Å².